The molecule has 0 atom stereocenters. The molecule has 0 fully saturated rings. The average molecular weight is 281 g/mol. The van der Waals surface area contributed by atoms with Gasteiger partial charge in [0, 0.05) is 0 Å². The van der Waals surface area contributed by atoms with Gasteiger partial charge >= 0.3 is 27.2 Å². The van der Waals surface area contributed by atoms with E-state index in [1.54, 1.807) is 0 Å². The van der Waals surface area contributed by atoms with Crippen LogP contribution in [0.1, 0.15) is 0 Å². The van der Waals surface area contributed by atoms with Gasteiger partial charge in [-0.05, 0) is 0 Å². The van der Waals surface area contributed by atoms with Crippen molar-refractivity contribution in [3.63, 3.8) is 0 Å². The maximum absolute atomic E-state index is 12.2. The Morgan fingerprint density at radius 1 is 1.00 bits per heavy atom. The highest BCUT2D eigenvalue weighted by atomic mass is 32.2. The molecule has 0 heterocycles. The standard InChI is InChI=1S/C4H3F7O3S.H3N/c5-1-2(6,7)3(8,9)4(10,11)15(12,13)14;/h1H2,(H,12,13,14);1H3. The molecule has 4 nitrogen and oxygen atoms in total. The molecule has 0 aliphatic carbocycles. The molecule has 0 amide bonds. The number of alkyl halides is 7. The van der Waals surface area contributed by atoms with E-state index in [9.17, 15) is 39.2 Å². The molecule has 16 heavy (non-hydrogen) atoms. The van der Waals surface area contributed by atoms with E-state index in [1.165, 1.54) is 0 Å². The van der Waals surface area contributed by atoms with Gasteiger partial charge in [-0.25, -0.2) is 4.39 Å². The van der Waals surface area contributed by atoms with Crippen LogP contribution in [0.25, 0.3) is 0 Å². The van der Waals surface area contributed by atoms with Crippen LogP contribution in [-0.2, 0) is 10.1 Å². The van der Waals surface area contributed by atoms with E-state index < -0.39 is 33.9 Å². The molecule has 0 aromatic carbocycles. The van der Waals surface area contributed by atoms with E-state index in [1.807, 2.05) is 0 Å². The predicted molar refractivity (Wildman–Crippen MR) is 37.4 cm³/mol. The van der Waals surface area contributed by atoms with E-state index in [-0.39, 0.29) is 6.15 Å². The highest BCUT2D eigenvalue weighted by Crippen LogP contribution is 2.48. The molecule has 0 aromatic heterocycles. The fourth-order valence-electron chi connectivity index (χ4n) is 0.459. The van der Waals surface area contributed by atoms with Crippen LogP contribution < -0.4 is 6.15 Å². The number of hydrogen-bond acceptors (Lipinski definition) is 3. The molecule has 100 valence electrons. The zero-order valence-electron chi connectivity index (χ0n) is 7.23. The Morgan fingerprint density at radius 3 is 1.50 bits per heavy atom. The van der Waals surface area contributed by atoms with E-state index in [2.05, 4.69) is 0 Å². The van der Waals surface area contributed by atoms with Crippen molar-refractivity contribution >= 4 is 10.1 Å². The molecule has 0 rings (SSSR count). The molecule has 0 aliphatic rings. The van der Waals surface area contributed by atoms with E-state index in [4.69, 9.17) is 4.55 Å². The first-order valence-electron chi connectivity index (χ1n) is 2.97. The number of halogens is 7. The quantitative estimate of drug-likeness (QED) is 0.608. The van der Waals surface area contributed by atoms with Crippen LogP contribution in [-0.4, -0.2) is 36.7 Å². The lowest BCUT2D eigenvalue weighted by Gasteiger charge is -2.28. The summed E-state index contributed by atoms with van der Waals surface area (Å²) in [6, 6.07) is 0. The molecule has 0 radical (unpaired) electrons. The zero-order valence-corrected chi connectivity index (χ0v) is 8.05. The fraction of sp³-hybridized carbons (Fsp3) is 1.00. The second kappa shape index (κ2) is 4.33. The van der Waals surface area contributed by atoms with E-state index in [0.29, 0.717) is 0 Å². The average Bonchev–Trinajstić information content (AvgIpc) is 2.01. The summed E-state index contributed by atoms with van der Waals surface area (Å²) in [5.74, 6) is -12.5. The molecule has 0 saturated carbocycles. The lowest BCUT2D eigenvalue weighted by Crippen LogP contribution is -2.58. The molecule has 12 heteroatoms. The third-order valence-electron chi connectivity index (χ3n) is 1.32. The van der Waals surface area contributed by atoms with Crippen molar-refractivity contribution in [1.29, 1.82) is 0 Å². The Labute approximate surface area is 84.8 Å². The monoisotopic (exact) mass is 281 g/mol. The zero-order chi connectivity index (χ0) is 12.7. The lowest BCUT2D eigenvalue weighted by atomic mass is 10.2. The molecule has 0 bridgehead atoms. The lowest BCUT2D eigenvalue weighted by molar-refractivity contribution is -0.284. The third kappa shape index (κ3) is 2.38. The topological polar surface area (TPSA) is 89.4 Å². The van der Waals surface area contributed by atoms with Crippen molar-refractivity contribution < 1.29 is 43.7 Å². The maximum Gasteiger partial charge on any atom is 0.438 e. The van der Waals surface area contributed by atoms with Gasteiger partial charge in [0.15, 0.2) is 6.67 Å². The van der Waals surface area contributed by atoms with Gasteiger partial charge < -0.3 is 6.15 Å². The minimum Gasteiger partial charge on any atom is -0.344 e. The summed E-state index contributed by atoms with van der Waals surface area (Å²) >= 11 is 0. The summed E-state index contributed by atoms with van der Waals surface area (Å²) in [4.78, 5) is 0. The first-order valence-corrected chi connectivity index (χ1v) is 4.41. The second-order valence-corrected chi connectivity index (χ2v) is 3.87. The van der Waals surface area contributed by atoms with Gasteiger partial charge in [-0.1, -0.05) is 0 Å². The van der Waals surface area contributed by atoms with Crippen molar-refractivity contribution in [2.45, 2.75) is 17.1 Å². The van der Waals surface area contributed by atoms with Crippen molar-refractivity contribution in [2.24, 2.45) is 0 Å². The highest BCUT2D eigenvalue weighted by molar-refractivity contribution is 7.87. The van der Waals surface area contributed by atoms with Crippen LogP contribution >= 0.6 is 0 Å². The highest BCUT2D eigenvalue weighted by Gasteiger charge is 2.77. The molecule has 0 unspecified atom stereocenters. The third-order valence-corrected chi connectivity index (χ3v) is 2.22. The van der Waals surface area contributed by atoms with Gasteiger partial charge in [0.25, 0.3) is 0 Å². The van der Waals surface area contributed by atoms with Crippen LogP contribution in [0.15, 0.2) is 0 Å². The molecule has 0 spiro atoms. The SMILES string of the molecule is N.O=S(=O)(O)C(F)(F)C(F)(F)C(F)(F)CF. The molecular formula is C4H6F7NO3S. The Bertz CT molecular complexity index is 340. The molecular weight excluding hydrogens is 275 g/mol. The largest absolute Gasteiger partial charge is 0.438 e. The molecule has 0 aliphatic heterocycles. The smallest absolute Gasteiger partial charge is 0.344 e. The minimum absolute atomic E-state index is 0. The summed E-state index contributed by atoms with van der Waals surface area (Å²) < 4.78 is 111. The Hall–Kier alpha value is -0.620. The van der Waals surface area contributed by atoms with Gasteiger partial charge in [-0.15, -0.1) is 0 Å². The van der Waals surface area contributed by atoms with E-state index in [0.717, 1.165) is 0 Å². The summed E-state index contributed by atoms with van der Waals surface area (Å²) in [7, 11) is -6.78. The molecule has 0 saturated heterocycles. The Morgan fingerprint density at radius 2 is 1.31 bits per heavy atom. The van der Waals surface area contributed by atoms with Crippen molar-refractivity contribution in [3.05, 3.63) is 0 Å². The van der Waals surface area contributed by atoms with Crippen LogP contribution in [0, 0.1) is 0 Å². The van der Waals surface area contributed by atoms with Crippen molar-refractivity contribution in [1.82, 2.24) is 6.15 Å². The fourth-order valence-corrected chi connectivity index (χ4v) is 0.932. The molecule has 0 aromatic rings. The maximum atomic E-state index is 12.2. The second-order valence-electron chi connectivity index (χ2n) is 2.40. The van der Waals surface area contributed by atoms with Crippen molar-refractivity contribution in [3.8, 4) is 0 Å². The van der Waals surface area contributed by atoms with Gasteiger partial charge in [0.05, 0.1) is 0 Å². The summed E-state index contributed by atoms with van der Waals surface area (Å²) in [6.45, 7) is -3.20. The van der Waals surface area contributed by atoms with Crippen LogP contribution in [0.4, 0.5) is 30.7 Å². The number of rotatable bonds is 4. The normalized spacial score (nSPS) is 14.5. The first-order chi connectivity index (χ1) is 6.31. The van der Waals surface area contributed by atoms with Crippen LogP contribution in [0.2, 0.25) is 0 Å². The Balaban J connectivity index is 0. The summed E-state index contributed by atoms with van der Waals surface area (Å²) in [6.07, 6.45) is 0. The van der Waals surface area contributed by atoms with Crippen molar-refractivity contribution in [2.75, 3.05) is 6.67 Å². The first kappa shape index (κ1) is 17.8. The number of hydrogen-bond donors (Lipinski definition) is 2. The summed E-state index contributed by atoms with van der Waals surface area (Å²) in [5, 5.41) is -6.48. The minimum atomic E-state index is -6.78. The van der Waals surface area contributed by atoms with Gasteiger partial charge in [-0.3, -0.25) is 4.55 Å². The van der Waals surface area contributed by atoms with Gasteiger partial charge in [-0.2, -0.15) is 34.8 Å². The van der Waals surface area contributed by atoms with E-state index >= 15 is 0 Å². The van der Waals surface area contributed by atoms with Gasteiger partial charge in [0.2, 0.25) is 0 Å². The Kier molecular flexibility index (Phi) is 4.81. The predicted octanol–water partition coefficient (Wildman–Crippen LogP) is 1.87. The summed E-state index contributed by atoms with van der Waals surface area (Å²) in [5.41, 5.74) is 0. The van der Waals surface area contributed by atoms with Crippen LogP contribution in [0.3, 0.4) is 0 Å². The van der Waals surface area contributed by atoms with Gasteiger partial charge in [0.1, 0.15) is 0 Å². The molecule has 4 N–H and O–H groups in total. The van der Waals surface area contributed by atoms with Crippen LogP contribution in [0.5, 0.6) is 0 Å².